The highest BCUT2D eigenvalue weighted by Gasteiger charge is 2.17. The number of hydrogen-bond donors (Lipinski definition) is 1. The van der Waals surface area contributed by atoms with Crippen LogP contribution in [-0.4, -0.2) is 52.8 Å². The number of carbonyl (C=O) groups excluding carboxylic acids is 1. The van der Waals surface area contributed by atoms with E-state index in [0.29, 0.717) is 28.7 Å². The second-order valence-corrected chi connectivity index (χ2v) is 5.71. The van der Waals surface area contributed by atoms with E-state index in [1.54, 1.807) is 44.5 Å². The molecule has 4 aromatic rings. The smallest absolute Gasteiger partial charge is 0.295 e. The average molecular weight is 365 g/mol. The van der Waals surface area contributed by atoms with E-state index in [4.69, 9.17) is 4.74 Å². The number of fused-ring (bicyclic) bond motifs is 1. The molecule has 0 aliphatic heterocycles. The quantitative estimate of drug-likeness (QED) is 0.567. The number of nitrogens with zero attached hydrogens (tertiary/aromatic N) is 8. The lowest BCUT2D eigenvalue weighted by Gasteiger charge is -2.11. The van der Waals surface area contributed by atoms with E-state index in [9.17, 15) is 4.79 Å². The van der Waals surface area contributed by atoms with Gasteiger partial charge in [-0.2, -0.15) is 9.67 Å². The fourth-order valence-electron chi connectivity index (χ4n) is 2.58. The Hall–Kier alpha value is -3.89. The molecule has 0 radical (unpaired) electrons. The van der Waals surface area contributed by atoms with E-state index in [0.717, 1.165) is 5.69 Å². The van der Waals surface area contributed by atoms with Gasteiger partial charge in [-0.3, -0.25) is 4.79 Å². The van der Waals surface area contributed by atoms with Crippen LogP contribution in [0, 0.1) is 13.8 Å². The van der Waals surface area contributed by atoms with Gasteiger partial charge in [0.05, 0.1) is 7.11 Å². The van der Waals surface area contributed by atoms with E-state index >= 15 is 0 Å². The number of rotatable bonds is 4. The summed E-state index contributed by atoms with van der Waals surface area (Å²) < 4.78 is 8.39. The Balaban J connectivity index is 1.66. The lowest BCUT2D eigenvalue weighted by molar-refractivity contribution is 0.101. The molecular weight excluding hydrogens is 350 g/mol. The number of hydrogen-bond acceptors (Lipinski definition) is 8. The minimum atomic E-state index is -0.454. The predicted molar refractivity (Wildman–Crippen MR) is 93.9 cm³/mol. The van der Waals surface area contributed by atoms with Gasteiger partial charge in [0.1, 0.15) is 11.4 Å². The Labute approximate surface area is 153 Å². The first-order valence-corrected chi connectivity index (χ1v) is 8.00. The molecule has 1 aromatic carbocycles. The summed E-state index contributed by atoms with van der Waals surface area (Å²) in [5, 5.41) is 18.4. The van der Waals surface area contributed by atoms with E-state index < -0.39 is 5.91 Å². The number of aryl methyl sites for hydroxylation is 2. The average Bonchev–Trinajstić information content (AvgIpc) is 3.28. The molecule has 11 nitrogen and oxygen atoms in total. The van der Waals surface area contributed by atoms with Gasteiger partial charge in [0.25, 0.3) is 11.7 Å². The summed E-state index contributed by atoms with van der Waals surface area (Å²) in [5.41, 5.74) is 1.94. The molecule has 0 aliphatic carbocycles. The summed E-state index contributed by atoms with van der Waals surface area (Å²) in [6.45, 7) is 3.62. The SMILES string of the molecule is COc1ccc(NC(=O)c2nc3nccc(C)n3n2)cc1-n1nnnc1C. The van der Waals surface area contributed by atoms with E-state index in [2.05, 4.69) is 35.9 Å². The van der Waals surface area contributed by atoms with Crippen LogP contribution in [0.4, 0.5) is 5.69 Å². The zero-order valence-corrected chi connectivity index (χ0v) is 14.8. The van der Waals surface area contributed by atoms with Crippen molar-refractivity contribution in [3.05, 3.63) is 47.8 Å². The third-order valence-corrected chi connectivity index (χ3v) is 3.92. The maximum Gasteiger partial charge on any atom is 0.295 e. The number of anilines is 1. The van der Waals surface area contributed by atoms with Crippen LogP contribution in [0.1, 0.15) is 22.1 Å². The van der Waals surface area contributed by atoms with Gasteiger partial charge >= 0.3 is 0 Å². The van der Waals surface area contributed by atoms with Crippen molar-refractivity contribution in [2.75, 3.05) is 12.4 Å². The van der Waals surface area contributed by atoms with Crippen LogP contribution in [0.2, 0.25) is 0 Å². The van der Waals surface area contributed by atoms with Gasteiger partial charge in [-0.25, -0.2) is 9.50 Å². The van der Waals surface area contributed by atoms with Gasteiger partial charge < -0.3 is 10.1 Å². The largest absolute Gasteiger partial charge is 0.494 e. The molecule has 0 saturated carbocycles. The van der Waals surface area contributed by atoms with Crippen molar-refractivity contribution < 1.29 is 9.53 Å². The Morgan fingerprint density at radius 2 is 2.07 bits per heavy atom. The molecule has 1 amide bonds. The number of methoxy groups -OCH3 is 1. The molecule has 0 spiro atoms. The number of amides is 1. The molecule has 27 heavy (non-hydrogen) atoms. The van der Waals surface area contributed by atoms with E-state index in [1.807, 2.05) is 6.92 Å². The fourth-order valence-corrected chi connectivity index (χ4v) is 2.58. The van der Waals surface area contributed by atoms with E-state index in [-0.39, 0.29) is 5.82 Å². The predicted octanol–water partition coefficient (Wildman–Crippen LogP) is 0.978. The molecular formula is C16H15N9O2. The number of benzene rings is 1. The summed E-state index contributed by atoms with van der Waals surface area (Å²) in [5.74, 6) is 1.08. The number of aromatic nitrogens is 8. The second kappa shape index (κ2) is 6.44. The number of carbonyl (C=O) groups is 1. The number of ether oxygens (including phenoxy) is 1. The van der Waals surface area contributed by atoms with Crippen molar-refractivity contribution >= 4 is 17.4 Å². The summed E-state index contributed by atoms with van der Waals surface area (Å²) in [7, 11) is 1.55. The first kappa shape index (κ1) is 16.6. The van der Waals surface area contributed by atoms with Gasteiger partial charge in [0.2, 0.25) is 5.82 Å². The summed E-state index contributed by atoms with van der Waals surface area (Å²) in [6, 6.07) is 6.92. The minimum absolute atomic E-state index is 0.0211. The zero-order valence-electron chi connectivity index (χ0n) is 14.8. The molecule has 136 valence electrons. The van der Waals surface area contributed by atoms with Gasteiger partial charge in [-0.15, -0.1) is 10.2 Å². The van der Waals surface area contributed by atoms with Crippen molar-refractivity contribution in [3.8, 4) is 11.4 Å². The highest BCUT2D eigenvalue weighted by atomic mass is 16.5. The first-order chi connectivity index (χ1) is 13.1. The normalized spacial score (nSPS) is 10.9. The Morgan fingerprint density at radius 1 is 1.22 bits per heavy atom. The third-order valence-electron chi connectivity index (χ3n) is 3.92. The van der Waals surface area contributed by atoms with Crippen molar-refractivity contribution in [2.24, 2.45) is 0 Å². The fraction of sp³-hybridized carbons (Fsp3) is 0.188. The van der Waals surface area contributed by atoms with Crippen LogP contribution < -0.4 is 10.1 Å². The Morgan fingerprint density at radius 3 is 2.78 bits per heavy atom. The summed E-state index contributed by atoms with van der Waals surface area (Å²) >= 11 is 0. The van der Waals surface area contributed by atoms with Gasteiger partial charge in [-0.05, 0) is 48.5 Å². The van der Waals surface area contributed by atoms with Crippen molar-refractivity contribution in [1.82, 2.24) is 39.8 Å². The number of nitrogens with one attached hydrogen (secondary N) is 1. The highest BCUT2D eigenvalue weighted by Crippen LogP contribution is 2.26. The molecule has 3 aromatic heterocycles. The van der Waals surface area contributed by atoms with Crippen molar-refractivity contribution in [2.45, 2.75) is 13.8 Å². The lowest BCUT2D eigenvalue weighted by Crippen LogP contribution is -2.14. The van der Waals surface area contributed by atoms with Crippen LogP contribution in [0.25, 0.3) is 11.5 Å². The van der Waals surface area contributed by atoms with Crippen molar-refractivity contribution in [1.29, 1.82) is 0 Å². The third kappa shape index (κ3) is 2.94. The molecule has 0 saturated heterocycles. The lowest BCUT2D eigenvalue weighted by atomic mass is 10.2. The maximum absolute atomic E-state index is 12.6. The van der Waals surface area contributed by atoms with Gasteiger partial charge in [-0.1, -0.05) is 0 Å². The maximum atomic E-state index is 12.6. The molecule has 11 heteroatoms. The molecule has 0 fully saturated rings. The molecule has 0 aliphatic rings. The Kier molecular flexibility index (Phi) is 3.95. The van der Waals surface area contributed by atoms with Gasteiger partial charge in [0.15, 0.2) is 5.82 Å². The van der Waals surface area contributed by atoms with Crippen LogP contribution in [0.15, 0.2) is 30.5 Å². The topological polar surface area (TPSA) is 125 Å². The minimum Gasteiger partial charge on any atom is -0.494 e. The summed E-state index contributed by atoms with van der Waals surface area (Å²) in [4.78, 5) is 20.8. The van der Waals surface area contributed by atoms with E-state index in [1.165, 1.54) is 9.20 Å². The monoisotopic (exact) mass is 365 g/mol. The molecule has 4 rings (SSSR count). The molecule has 1 N–H and O–H groups in total. The molecule has 0 unspecified atom stereocenters. The van der Waals surface area contributed by atoms with Crippen LogP contribution in [0.3, 0.4) is 0 Å². The Bertz CT molecular complexity index is 1150. The second-order valence-electron chi connectivity index (χ2n) is 5.71. The van der Waals surface area contributed by atoms with Crippen LogP contribution in [0.5, 0.6) is 5.75 Å². The molecule has 3 heterocycles. The van der Waals surface area contributed by atoms with Gasteiger partial charge in [0, 0.05) is 17.6 Å². The standard InChI is InChI=1S/C16H15N9O2/c1-9-6-7-17-16-19-14(21-24(9)16)15(26)18-11-4-5-13(27-3)12(8-11)25-10(2)20-22-23-25/h4-8H,1-3H3,(H,18,26). The first-order valence-electron chi connectivity index (χ1n) is 8.00. The van der Waals surface area contributed by atoms with Crippen molar-refractivity contribution in [3.63, 3.8) is 0 Å². The highest BCUT2D eigenvalue weighted by molar-refractivity contribution is 6.02. The van der Waals surface area contributed by atoms with Crippen LogP contribution in [-0.2, 0) is 0 Å². The zero-order chi connectivity index (χ0) is 19.0. The molecule has 0 bridgehead atoms. The van der Waals surface area contributed by atoms with Crippen LogP contribution >= 0.6 is 0 Å². The molecule has 0 atom stereocenters. The number of tetrazole rings is 1. The summed E-state index contributed by atoms with van der Waals surface area (Å²) in [6.07, 6.45) is 1.62.